The Hall–Kier alpha value is -0.510. The zero-order chi connectivity index (χ0) is 10.4. The Morgan fingerprint density at radius 1 is 1.33 bits per heavy atom. The molecule has 4 heteroatoms. The molecule has 1 aromatic carbocycles. The number of carbonyl (C=O) groups excluding carboxylic acids is 1. The molecule has 0 saturated carbocycles. The van der Waals surface area contributed by atoms with Gasteiger partial charge in [-0.2, -0.15) is 0 Å². The van der Waals surface area contributed by atoms with Crippen LogP contribution in [0.15, 0.2) is 30.3 Å². The fourth-order valence-corrected chi connectivity index (χ4v) is 1.27. The van der Waals surface area contributed by atoms with Crippen molar-refractivity contribution >= 4 is 11.7 Å². The van der Waals surface area contributed by atoms with Crippen LogP contribution in [0.2, 0.25) is 0 Å². The van der Waals surface area contributed by atoms with Crippen LogP contribution in [-0.4, -0.2) is 19.6 Å². The maximum atomic E-state index is 10.2. The maximum Gasteiger partial charge on any atom is 1.00 e. The molecule has 0 unspecified atom stereocenters. The van der Waals surface area contributed by atoms with Crippen molar-refractivity contribution in [3.63, 3.8) is 0 Å². The summed E-state index contributed by atoms with van der Waals surface area (Å²) in [5, 5.41) is 10.2. The second kappa shape index (κ2) is 7.74. The van der Waals surface area contributed by atoms with Gasteiger partial charge in [-0.25, -0.2) is 0 Å². The topological polar surface area (TPSA) is 43.4 Å². The fourth-order valence-electron chi connectivity index (χ4n) is 1.27. The summed E-state index contributed by atoms with van der Waals surface area (Å²) < 4.78 is 0. The number of carboxylic acid groups (broad SMARTS) is 1. The van der Waals surface area contributed by atoms with E-state index in [0.717, 1.165) is 12.2 Å². The van der Waals surface area contributed by atoms with Gasteiger partial charge in [-0.3, -0.25) is 0 Å². The molecule has 0 saturated heterocycles. The first kappa shape index (κ1) is 14.5. The summed E-state index contributed by atoms with van der Waals surface area (Å²) in [6, 6.07) is 9.88. The van der Waals surface area contributed by atoms with E-state index in [-0.39, 0.29) is 36.0 Å². The van der Waals surface area contributed by atoms with E-state index in [1.165, 1.54) is 0 Å². The molecule has 0 radical (unpaired) electrons. The van der Waals surface area contributed by atoms with E-state index >= 15 is 0 Å². The van der Waals surface area contributed by atoms with E-state index in [9.17, 15) is 9.90 Å². The zero-order valence-electron chi connectivity index (χ0n) is 9.27. The molecule has 0 aliphatic heterocycles. The van der Waals surface area contributed by atoms with E-state index in [1.54, 1.807) is 0 Å². The predicted octanol–water partition coefficient (Wildman–Crippen LogP) is -2.34. The molecule has 0 heterocycles. The van der Waals surface area contributed by atoms with Crippen molar-refractivity contribution in [3.8, 4) is 0 Å². The Balaban J connectivity index is 0.00000196. The van der Waals surface area contributed by atoms with Crippen LogP contribution in [0.3, 0.4) is 0 Å². The summed E-state index contributed by atoms with van der Waals surface area (Å²) in [7, 11) is 1.95. The smallest absolute Gasteiger partial charge is 0.550 e. The number of benzene rings is 1. The monoisotopic (exact) mass is 215 g/mol. The van der Waals surface area contributed by atoms with Crippen LogP contribution in [0, 0.1) is 0 Å². The Kier molecular flexibility index (Phi) is 7.48. The number of aliphatic carboxylic acids is 1. The SMILES string of the molecule is CN(CCCC(=O)[O-])c1ccccc1.[Na+]. The Morgan fingerprint density at radius 2 is 1.93 bits per heavy atom. The molecule has 0 atom stereocenters. The average Bonchev–Trinajstić information content (AvgIpc) is 2.18. The average molecular weight is 215 g/mol. The van der Waals surface area contributed by atoms with Crippen molar-refractivity contribution in [1.82, 2.24) is 0 Å². The first-order chi connectivity index (χ1) is 6.70. The molecule has 0 fully saturated rings. The summed E-state index contributed by atoms with van der Waals surface area (Å²) in [6.45, 7) is 0.734. The summed E-state index contributed by atoms with van der Waals surface area (Å²) in [5.74, 6) is -0.980. The fraction of sp³-hybridized carbons (Fsp3) is 0.364. The van der Waals surface area contributed by atoms with Gasteiger partial charge < -0.3 is 14.8 Å². The van der Waals surface area contributed by atoms with Gasteiger partial charge in [0.1, 0.15) is 0 Å². The van der Waals surface area contributed by atoms with E-state index in [4.69, 9.17) is 0 Å². The van der Waals surface area contributed by atoms with Crippen molar-refractivity contribution in [1.29, 1.82) is 0 Å². The quantitative estimate of drug-likeness (QED) is 0.517. The molecule has 0 bridgehead atoms. The number of nitrogens with zero attached hydrogens (tertiary/aromatic N) is 1. The molecule has 0 aliphatic carbocycles. The van der Waals surface area contributed by atoms with Gasteiger partial charge in [0.25, 0.3) is 0 Å². The summed E-state index contributed by atoms with van der Waals surface area (Å²) in [6.07, 6.45) is 0.741. The van der Waals surface area contributed by atoms with Crippen LogP contribution in [0.4, 0.5) is 5.69 Å². The van der Waals surface area contributed by atoms with Crippen LogP contribution in [0.25, 0.3) is 0 Å². The molecule has 0 amide bonds. The van der Waals surface area contributed by atoms with Crippen molar-refractivity contribution in [3.05, 3.63) is 30.3 Å². The van der Waals surface area contributed by atoms with Crippen molar-refractivity contribution in [2.24, 2.45) is 0 Å². The Morgan fingerprint density at radius 3 is 2.47 bits per heavy atom. The number of carboxylic acids is 1. The molecular weight excluding hydrogens is 201 g/mol. The van der Waals surface area contributed by atoms with Gasteiger partial charge in [0, 0.05) is 25.2 Å². The third-order valence-corrected chi connectivity index (χ3v) is 2.07. The molecule has 1 rings (SSSR count). The maximum absolute atomic E-state index is 10.2. The minimum absolute atomic E-state index is 0. The Bertz CT molecular complexity index is 290. The standard InChI is InChI=1S/C11H15NO2.Na/c1-12(9-5-8-11(13)14)10-6-3-2-4-7-10;/h2-4,6-7H,5,8-9H2,1H3,(H,13,14);/q;+1/p-1. The van der Waals surface area contributed by atoms with Crippen LogP contribution in [0.5, 0.6) is 0 Å². The van der Waals surface area contributed by atoms with Crippen molar-refractivity contribution in [2.75, 3.05) is 18.5 Å². The first-order valence-corrected chi connectivity index (χ1v) is 4.66. The largest absolute Gasteiger partial charge is 1.00 e. The van der Waals surface area contributed by atoms with E-state index in [1.807, 2.05) is 42.3 Å². The molecule has 0 aromatic heterocycles. The Labute approximate surface area is 112 Å². The van der Waals surface area contributed by atoms with E-state index in [2.05, 4.69) is 0 Å². The molecule has 0 spiro atoms. The van der Waals surface area contributed by atoms with Gasteiger partial charge in [-0.15, -0.1) is 0 Å². The van der Waals surface area contributed by atoms with Crippen molar-refractivity contribution < 1.29 is 39.5 Å². The summed E-state index contributed by atoms with van der Waals surface area (Å²) in [5.41, 5.74) is 1.10. The molecule has 0 N–H and O–H groups in total. The van der Waals surface area contributed by atoms with E-state index < -0.39 is 5.97 Å². The van der Waals surface area contributed by atoms with Gasteiger partial charge in [0.15, 0.2) is 0 Å². The number of hydrogen-bond acceptors (Lipinski definition) is 3. The zero-order valence-corrected chi connectivity index (χ0v) is 11.3. The van der Waals surface area contributed by atoms with E-state index in [0.29, 0.717) is 6.42 Å². The van der Waals surface area contributed by atoms with Crippen LogP contribution >= 0.6 is 0 Å². The molecule has 76 valence electrons. The second-order valence-corrected chi connectivity index (χ2v) is 3.23. The third-order valence-electron chi connectivity index (χ3n) is 2.07. The number of rotatable bonds is 5. The molecule has 1 aromatic rings. The number of carbonyl (C=O) groups is 1. The first-order valence-electron chi connectivity index (χ1n) is 4.66. The normalized spacial score (nSPS) is 9.13. The number of para-hydroxylation sites is 1. The molecule has 3 nitrogen and oxygen atoms in total. The second-order valence-electron chi connectivity index (χ2n) is 3.23. The van der Waals surface area contributed by atoms with Gasteiger partial charge in [0.05, 0.1) is 0 Å². The van der Waals surface area contributed by atoms with Gasteiger partial charge in [0.2, 0.25) is 0 Å². The summed E-state index contributed by atoms with van der Waals surface area (Å²) in [4.78, 5) is 12.2. The van der Waals surface area contributed by atoms with Gasteiger partial charge in [-0.1, -0.05) is 18.2 Å². The number of hydrogen-bond donors (Lipinski definition) is 0. The molecular formula is C11H14NNaO2. The molecule has 15 heavy (non-hydrogen) atoms. The van der Waals surface area contributed by atoms with Crippen LogP contribution in [0.1, 0.15) is 12.8 Å². The van der Waals surface area contributed by atoms with Crippen molar-refractivity contribution in [2.45, 2.75) is 12.8 Å². The van der Waals surface area contributed by atoms with Gasteiger partial charge >= 0.3 is 29.6 Å². The summed E-state index contributed by atoms with van der Waals surface area (Å²) >= 11 is 0. The predicted molar refractivity (Wildman–Crippen MR) is 54.0 cm³/mol. The number of anilines is 1. The minimum atomic E-state index is -0.980. The van der Waals surface area contributed by atoms with Crippen LogP contribution < -0.4 is 39.6 Å². The van der Waals surface area contributed by atoms with Gasteiger partial charge in [-0.05, 0) is 25.0 Å². The van der Waals surface area contributed by atoms with Crippen LogP contribution in [-0.2, 0) is 4.79 Å². The molecule has 0 aliphatic rings. The third kappa shape index (κ3) is 5.82. The minimum Gasteiger partial charge on any atom is -0.550 e.